The second-order valence-corrected chi connectivity index (χ2v) is 3.37. The summed E-state index contributed by atoms with van der Waals surface area (Å²) in [7, 11) is 1.77. The summed E-state index contributed by atoms with van der Waals surface area (Å²) in [6, 6.07) is 0.317. The fraction of sp³-hybridized carbons (Fsp3) is 0.667. The molecule has 0 saturated heterocycles. The van der Waals surface area contributed by atoms with Crippen LogP contribution in [0.4, 0.5) is 0 Å². The number of thioether (sulfide) groups is 1. The molecule has 4 heteroatoms. The van der Waals surface area contributed by atoms with Crippen LogP contribution in [0.1, 0.15) is 6.92 Å². The highest BCUT2D eigenvalue weighted by Gasteiger charge is 2.27. The second kappa shape index (κ2) is 2.62. The van der Waals surface area contributed by atoms with Gasteiger partial charge < -0.3 is 9.90 Å². The molecule has 0 spiro atoms. The summed E-state index contributed by atoms with van der Waals surface area (Å²) in [5.41, 5.74) is 0. The summed E-state index contributed by atoms with van der Waals surface area (Å²) in [4.78, 5) is 10.3. The van der Waals surface area contributed by atoms with Gasteiger partial charge >= 0.3 is 0 Å². The zero-order valence-corrected chi connectivity index (χ0v) is 6.77. The third-order valence-corrected chi connectivity index (χ3v) is 2.99. The minimum atomic E-state index is -1.06. The number of hydrogen-bond acceptors (Lipinski definition) is 3. The highest BCUT2D eigenvalue weighted by molar-refractivity contribution is 8.15. The van der Waals surface area contributed by atoms with Gasteiger partial charge in [0.05, 0.1) is 5.75 Å². The van der Waals surface area contributed by atoms with Crippen LogP contribution in [0.5, 0.6) is 0 Å². The van der Waals surface area contributed by atoms with Crippen molar-refractivity contribution in [2.45, 2.75) is 13.0 Å². The number of carboxylic acids is 1. The van der Waals surface area contributed by atoms with Gasteiger partial charge in [0.2, 0.25) is 0 Å². The number of hydrogen-bond donors (Lipinski definition) is 0. The number of carbonyl (C=O) groups excluding carboxylic acids is 1. The van der Waals surface area contributed by atoms with Gasteiger partial charge in [-0.2, -0.15) is 0 Å². The Bertz CT molecular complexity index is 200. The van der Waals surface area contributed by atoms with Crippen molar-refractivity contribution < 1.29 is 14.5 Å². The van der Waals surface area contributed by atoms with Crippen molar-refractivity contribution in [1.29, 1.82) is 0 Å². The maximum Gasteiger partial charge on any atom is 0.258 e. The molecule has 0 N–H and O–H groups in total. The minimum absolute atomic E-state index is 0.317. The lowest BCUT2D eigenvalue weighted by Crippen LogP contribution is -2.34. The number of carboxylic acid groups (broad SMARTS) is 1. The molecule has 10 heavy (non-hydrogen) atoms. The standard InChI is InChI=1S/C6H9NO2S/c1-4-3-10-5(6(8)9)7(4)2/h4H,3H2,1-2H3. The molecule has 1 unspecified atom stereocenters. The van der Waals surface area contributed by atoms with Gasteiger partial charge in [0, 0.05) is 0 Å². The molecule has 0 bridgehead atoms. The van der Waals surface area contributed by atoms with Crippen molar-refractivity contribution >= 4 is 22.8 Å². The Morgan fingerprint density at radius 3 is 2.70 bits per heavy atom. The van der Waals surface area contributed by atoms with Gasteiger partial charge in [-0.3, -0.25) is 0 Å². The molecule has 1 rings (SSSR count). The molecule has 0 radical (unpaired) electrons. The third kappa shape index (κ3) is 1.16. The van der Waals surface area contributed by atoms with Gasteiger partial charge in [0.25, 0.3) is 5.04 Å². The maximum absolute atomic E-state index is 10.3. The quantitative estimate of drug-likeness (QED) is 0.457. The number of carbonyl (C=O) groups is 1. The smallest absolute Gasteiger partial charge is 0.258 e. The summed E-state index contributed by atoms with van der Waals surface area (Å²) in [6.07, 6.45) is 0. The molecule has 0 aromatic heterocycles. The normalized spacial score (nSPS) is 25.6. The molecule has 1 aliphatic rings. The molecule has 0 aromatic rings. The van der Waals surface area contributed by atoms with E-state index in [1.807, 2.05) is 6.92 Å². The lowest BCUT2D eigenvalue weighted by Gasteiger charge is -1.98. The summed E-state index contributed by atoms with van der Waals surface area (Å²) < 4.78 is 1.74. The number of nitrogens with zero attached hydrogens (tertiary/aromatic N) is 1. The van der Waals surface area contributed by atoms with E-state index in [1.165, 1.54) is 11.8 Å². The topological polar surface area (TPSA) is 43.1 Å². The van der Waals surface area contributed by atoms with Crippen molar-refractivity contribution in [3.05, 3.63) is 0 Å². The average molecular weight is 159 g/mol. The Morgan fingerprint density at radius 2 is 2.50 bits per heavy atom. The van der Waals surface area contributed by atoms with Crippen LogP contribution in [-0.2, 0) is 4.79 Å². The third-order valence-electron chi connectivity index (χ3n) is 1.62. The molecular weight excluding hydrogens is 150 g/mol. The molecule has 0 amide bonds. The SMILES string of the molecule is CC1CSC(C(=O)[O-])=[N+]1C. The van der Waals surface area contributed by atoms with E-state index in [-0.39, 0.29) is 0 Å². The highest BCUT2D eigenvalue weighted by atomic mass is 32.2. The lowest BCUT2D eigenvalue weighted by atomic mass is 10.4. The fourth-order valence-electron chi connectivity index (χ4n) is 0.816. The van der Waals surface area contributed by atoms with Crippen molar-refractivity contribution in [1.82, 2.24) is 0 Å². The van der Waals surface area contributed by atoms with E-state index in [0.29, 0.717) is 11.1 Å². The highest BCUT2D eigenvalue weighted by Crippen LogP contribution is 2.15. The summed E-state index contributed by atoms with van der Waals surface area (Å²) in [5, 5.41) is 10.7. The molecule has 1 aliphatic heterocycles. The first-order chi connectivity index (χ1) is 4.63. The van der Waals surface area contributed by atoms with Crippen LogP contribution in [0.2, 0.25) is 0 Å². The van der Waals surface area contributed by atoms with Crippen LogP contribution in [0.15, 0.2) is 0 Å². The van der Waals surface area contributed by atoms with E-state index < -0.39 is 5.97 Å². The Kier molecular flexibility index (Phi) is 1.99. The predicted octanol–water partition coefficient (Wildman–Crippen LogP) is -1.09. The van der Waals surface area contributed by atoms with Crippen LogP contribution in [0.25, 0.3) is 0 Å². The Balaban J connectivity index is 2.85. The van der Waals surface area contributed by atoms with E-state index in [2.05, 4.69) is 0 Å². The molecule has 0 aromatic carbocycles. The van der Waals surface area contributed by atoms with Gasteiger partial charge in [-0.15, -0.1) is 0 Å². The Labute approximate surface area is 63.7 Å². The summed E-state index contributed by atoms with van der Waals surface area (Å²) >= 11 is 1.35. The van der Waals surface area contributed by atoms with Crippen molar-refractivity contribution in [2.75, 3.05) is 12.8 Å². The average Bonchev–Trinajstić information content (AvgIpc) is 2.14. The summed E-state index contributed by atoms with van der Waals surface area (Å²) in [6.45, 7) is 1.99. The lowest BCUT2D eigenvalue weighted by molar-refractivity contribution is -0.523. The molecular formula is C6H9NO2S. The molecule has 0 fully saturated rings. The van der Waals surface area contributed by atoms with Crippen LogP contribution in [0.3, 0.4) is 0 Å². The van der Waals surface area contributed by atoms with Crippen LogP contribution in [0, 0.1) is 0 Å². The largest absolute Gasteiger partial charge is 0.539 e. The van der Waals surface area contributed by atoms with E-state index in [9.17, 15) is 9.90 Å². The zero-order valence-electron chi connectivity index (χ0n) is 5.96. The minimum Gasteiger partial charge on any atom is -0.539 e. The zero-order chi connectivity index (χ0) is 7.72. The van der Waals surface area contributed by atoms with E-state index in [4.69, 9.17) is 0 Å². The molecule has 0 saturated carbocycles. The van der Waals surface area contributed by atoms with Crippen molar-refractivity contribution in [3.63, 3.8) is 0 Å². The van der Waals surface area contributed by atoms with Gasteiger partial charge in [0.15, 0.2) is 6.04 Å². The van der Waals surface area contributed by atoms with Gasteiger partial charge in [-0.1, -0.05) is 0 Å². The fourth-order valence-corrected chi connectivity index (χ4v) is 1.94. The molecule has 3 nitrogen and oxygen atoms in total. The first-order valence-corrected chi connectivity index (χ1v) is 4.05. The predicted molar refractivity (Wildman–Crippen MR) is 38.1 cm³/mol. The van der Waals surface area contributed by atoms with Gasteiger partial charge in [-0.05, 0) is 18.7 Å². The van der Waals surface area contributed by atoms with Crippen LogP contribution in [-0.4, -0.2) is 34.4 Å². The van der Waals surface area contributed by atoms with E-state index in [1.54, 1.807) is 11.6 Å². The molecule has 1 heterocycles. The second-order valence-electron chi connectivity index (χ2n) is 2.36. The maximum atomic E-state index is 10.3. The van der Waals surface area contributed by atoms with Crippen molar-refractivity contribution in [3.8, 4) is 0 Å². The molecule has 56 valence electrons. The Hall–Kier alpha value is -0.510. The van der Waals surface area contributed by atoms with E-state index in [0.717, 1.165) is 5.75 Å². The van der Waals surface area contributed by atoms with Crippen molar-refractivity contribution in [2.24, 2.45) is 0 Å². The first-order valence-electron chi connectivity index (χ1n) is 3.07. The monoisotopic (exact) mass is 159 g/mol. The van der Waals surface area contributed by atoms with Gasteiger partial charge in [-0.25, -0.2) is 4.58 Å². The van der Waals surface area contributed by atoms with E-state index >= 15 is 0 Å². The molecule has 1 atom stereocenters. The van der Waals surface area contributed by atoms with Crippen LogP contribution >= 0.6 is 11.8 Å². The Morgan fingerprint density at radius 1 is 1.90 bits per heavy atom. The van der Waals surface area contributed by atoms with Crippen LogP contribution < -0.4 is 5.11 Å². The summed E-state index contributed by atoms with van der Waals surface area (Å²) in [5.74, 6) is -0.211. The molecule has 0 aliphatic carbocycles. The first kappa shape index (κ1) is 7.60. The number of aliphatic carboxylic acids is 1. The van der Waals surface area contributed by atoms with Gasteiger partial charge in [0.1, 0.15) is 13.0 Å². The number of rotatable bonds is 1.